The third-order valence-corrected chi connectivity index (χ3v) is 1.66. The topological polar surface area (TPSA) is 35.5 Å². The minimum absolute atomic E-state index is 0.536. The zero-order chi connectivity index (χ0) is 10.7. The number of hydrogen-bond donors (Lipinski definition) is 0. The van der Waals surface area contributed by atoms with Crippen LogP contribution in [0.1, 0.15) is 41.0 Å². The Labute approximate surface area is 84.4 Å². The van der Waals surface area contributed by atoms with Crippen molar-refractivity contribution in [1.29, 1.82) is 0 Å². The van der Waals surface area contributed by atoms with Crippen LogP contribution >= 0.6 is 11.6 Å². The van der Waals surface area contributed by atoms with Gasteiger partial charge < -0.3 is 9.47 Å². The highest BCUT2D eigenvalue weighted by Gasteiger charge is 2.27. The van der Waals surface area contributed by atoms with Crippen LogP contribution in [0.25, 0.3) is 0 Å². The summed E-state index contributed by atoms with van der Waals surface area (Å²) < 4.78 is 9.80. The summed E-state index contributed by atoms with van der Waals surface area (Å²) >= 11 is 5.82. The van der Waals surface area contributed by atoms with Crippen molar-refractivity contribution in [3.05, 3.63) is 0 Å². The predicted molar refractivity (Wildman–Crippen MR) is 51.9 cm³/mol. The molecule has 0 saturated heterocycles. The molecule has 0 N–H and O–H groups in total. The van der Waals surface area contributed by atoms with Gasteiger partial charge in [-0.05, 0) is 34.1 Å². The Bertz CT molecular complexity index is 182. The minimum Gasteiger partial charge on any atom is -0.429 e. The second kappa shape index (κ2) is 4.18. The van der Waals surface area contributed by atoms with E-state index in [1.807, 2.05) is 6.92 Å². The van der Waals surface area contributed by atoms with E-state index < -0.39 is 16.8 Å². The van der Waals surface area contributed by atoms with Gasteiger partial charge in [-0.1, -0.05) is 18.5 Å². The number of carbonyl (C=O) groups excluding carboxylic acids is 1. The Kier molecular flexibility index (Phi) is 4.04. The maximum absolute atomic E-state index is 11.1. The molecule has 0 bridgehead atoms. The number of alkyl halides is 1. The molecule has 0 fully saturated rings. The number of carbonyl (C=O) groups is 1. The molecule has 1 unspecified atom stereocenters. The maximum atomic E-state index is 11.1. The van der Waals surface area contributed by atoms with Crippen LogP contribution in [-0.4, -0.2) is 16.8 Å². The van der Waals surface area contributed by atoms with Gasteiger partial charge in [0.15, 0.2) is 5.06 Å². The third kappa shape index (κ3) is 6.70. The second-order valence-electron chi connectivity index (χ2n) is 4.02. The van der Waals surface area contributed by atoms with E-state index in [1.54, 1.807) is 27.7 Å². The Morgan fingerprint density at radius 1 is 1.23 bits per heavy atom. The van der Waals surface area contributed by atoms with Crippen molar-refractivity contribution >= 4 is 17.8 Å². The molecule has 0 aliphatic rings. The predicted octanol–water partition coefficient (Wildman–Crippen LogP) is 3.30. The van der Waals surface area contributed by atoms with Crippen molar-refractivity contribution in [2.45, 2.75) is 51.7 Å². The normalized spacial score (nSPS) is 16.2. The molecule has 3 nitrogen and oxygen atoms in total. The van der Waals surface area contributed by atoms with Crippen LogP contribution < -0.4 is 0 Å². The average molecular weight is 209 g/mol. The number of hydrogen-bond acceptors (Lipinski definition) is 3. The van der Waals surface area contributed by atoms with Gasteiger partial charge in [-0.2, -0.15) is 0 Å². The molecule has 13 heavy (non-hydrogen) atoms. The molecule has 0 heterocycles. The van der Waals surface area contributed by atoms with Gasteiger partial charge in [-0.15, -0.1) is 0 Å². The molecular weight excluding hydrogens is 192 g/mol. The van der Waals surface area contributed by atoms with Crippen molar-refractivity contribution in [1.82, 2.24) is 0 Å². The van der Waals surface area contributed by atoms with Gasteiger partial charge in [0, 0.05) is 0 Å². The quantitative estimate of drug-likeness (QED) is 0.516. The van der Waals surface area contributed by atoms with Crippen LogP contribution in [0.3, 0.4) is 0 Å². The first kappa shape index (κ1) is 12.6. The van der Waals surface area contributed by atoms with E-state index in [9.17, 15) is 4.79 Å². The van der Waals surface area contributed by atoms with Crippen molar-refractivity contribution in [3.63, 3.8) is 0 Å². The zero-order valence-corrected chi connectivity index (χ0v) is 9.57. The Balaban J connectivity index is 4.03. The first-order valence-corrected chi connectivity index (χ1v) is 4.65. The van der Waals surface area contributed by atoms with Crippen LogP contribution in [0.4, 0.5) is 4.79 Å². The molecule has 0 aliphatic carbocycles. The first-order valence-electron chi connectivity index (χ1n) is 4.27. The summed E-state index contributed by atoms with van der Waals surface area (Å²) in [5, 5.41) is -0.970. The van der Waals surface area contributed by atoms with E-state index in [0.29, 0.717) is 6.42 Å². The zero-order valence-electron chi connectivity index (χ0n) is 8.81. The van der Waals surface area contributed by atoms with E-state index in [2.05, 4.69) is 0 Å². The molecule has 1 atom stereocenters. The lowest BCUT2D eigenvalue weighted by atomic mass is 10.2. The number of halogens is 1. The fraction of sp³-hybridized carbons (Fsp3) is 0.889. The summed E-state index contributed by atoms with van der Waals surface area (Å²) in [6, 6.07) is 0. The summed E-state index contributed by atoms with van der Waals surface area (Å²) in [7, 11) is 0. The lowest BCUT2D eigenvalue weighted by molar-refractivity contribution is -0.0343. The molecular formula is C9H17ClO3. The fourth-order valence-electron chi connectivity index (χ4n) is 0.517. The Morgan fingerprint density at radius 3 is 2.00 bits per heavy atom. The Hall–Kier alpha value is -0.440. The van der Waals surface area contributed by atoms with Crippen molar-refractivity contribution < 1.29 is 14.3 Å². The molecule has 0 aromatic heterocycles. The fourth-order valence-corrected chi connectivity index (χ4v) is 0.580. The van der Waals surface area contributed by atoms with E-state index in [0.717, 1.165) is 0 Å². The standard InChI is InChI=1S/C9H17ClO3/c1-6-9(5,10)13-7(11)12-8(2,3)4/h6H2,1-5H3. The Morgan fingerprint density at radius 2 is 1.69 bits per heavy atom. The smallest absolute Gasteiger partial charge is 0.429 e. The van der Waals surface area contributed by atoms with Gasteiger partial charge in [0.25, 0.3) is 0 Å². The second-order valence-corrected chi connectivity index (χ2v) is 4.82. The lowest BCUT2D eigenvalue weighted by Crippen LogP contribution is -2.30. The molecule has 0 saturated carbocycles. The van der Waals surface area contributed by atoms with Crippen molar-refractivity contribution in [2.24, 2.45) is 0 Å². The number of rotatable bonds is 2. The van der Waals surface area contributed by atoms with E-state index in [1.165, 1.54) is 0 Å². The summed E-state index contributed by atoms with van der Waals surface area (Å²) in [5.74, 6) is 0. The van der Waals surface area contributed by atoms with Crippen LogP contribution in [-0.2, 0) is 9.47 Å². The summed E-state index contributed by atoms with van der Waals surface area (Å²) in [6.07, 6.45) is -0.194. The minimum atomic E-state index is -0.970. The summed E-state index contributed by atoms with van der Waals surface area (Å²) in [5.41, 5.74) is -0.544. The highest BCUT2D eigenvalue weighted by molar-refractivity contribution is 6.23. The van der Waals surface area contributed by atoms with E-state index in [-0.39, 0.29) is 0 Å². The van der Waals surface area contributed by atoms with Crippen LogP contribution in [0.2, 0.25) is 0 Å². The number of ether oxygens (including phenoxy) is 2. The average Bonchev–Trinajstić information content (AvgIpc) is 1.81. The maximum Gasteiger partial charge on any atom is 0.510 e. The molecule has 0 rings (SSSR count). The molecule has 78 valence electrons. The molecule has 0 aromatic rings. The van der Waals surface area contributed by atoms with Crippen LogP contribution in [0, 0.1) is 0 Å². The highest BCUT2D eigenvalue weighted by Crippen LogP contribution is 2.22. The molecule has 0 aliphatic heterocycles. The van der Waals surface area contributed by atoms with Crippen LogP contribution in [0.15, 0.2) is 0 Å². The van der Waals surface area contributed by atoms with Gasteiger partial charge in [-0.25, -0.2) is 4.79 Å². The van der Waals surface area contributed by atoms with Gasteiger partial charge in [0.05, 0.1) is 0 Å². The van der Waals surface area contributed by atoms with Gasteiger partial charge >= 0.3 is 6.16 Å². The van der Waals surface area contributed by atoms with Crippen LogP contribution in [0.5, 0.6) is 0 Å². The van der Waals surface area contributed by atoms with Crippen molar-refractivity contribution in [2.75, 3.05) is 0 Å². The van der Waals surface area contributed by atoms with E-state index in [4.69, 9.17) is 21.1 Å². The van der Waals surface area contributed by atoms with Gasteiger partial charge in [-0.3, -0.25) is 0 Å². The molecule has 0 amide bonds. The molecule has 4 heteroatoms. The van der Waals surface area contributed by atoms with E-state index >= 15 is 0 Å². The van der Waals surface area contributed by atoms with Gasteiger partial charge in [0.2, 0.25) is 0 Å². The van der Waals surface area contributed by atoms with Gasteiger partial charge in [0.1, 0.15) is 5.60 Å². The monoisotopic (exact) mass is 208 g/mol. The third-order valence-electron chi connectivity index (χ3n) is 1.32. The summed E-state index contributed by atoms with van der Waals surface area (Å²) in [4.78, 5) is 11.1. The first-order chi connectivity index (χ1) is 5.66. The highest BCUT2D eigenvalue weighted by atomic mass is 35.5. The van der Waals surface area contributed by atoms with Crippen molar-refractivity contribution in [3.8, 4) is 0 Å². The molecule has 0 radical (unpaired) electrons. The summed E-state index contributed by atoms with van der Waals surface area (Å²) in [6.45, 7) is 8.76. The molecule has 0 spiro atoms. The lowest BCUT2D eigenvalue weighted by Gasteiger charge is -2.24. The largest absolute Gasteiger partial charge is 0.510 e. The molecule has 0 aromatic carbocycles. The SMILES string of the molecule is CCC(C)(Cl)OC(=O)OC(C)(C)C.